The lowest BCUT2D eigenvalue weighted by atomic mass is 9.70. The number of rotatable bonds is 6. The highest BCUT2D eigenvalue weighted by Crippen LogP contribution is 2.55. The Morgan fingerprint density at radius 1 is 0.955 bits per heavy atom. The van der Waals surface area contributed by atoms with Gasteiger partial charge in [0.05, 0.1) is 24.2 Å². The molecule has 10 nitrogen and oxygen atoms in total. The zero-order valence-corrected chi connectivity index (χ0v) is 24.7. The van der Waals surface area contributed by atoms with Gasteiger partial charge in [0.25, 0.3) is 5.91 Å². The number of hydrogen-bond donors (Lipinski definition) is 0. The van der Waals surface area contributed by atoms with Crippen molar-refractivity contribution in [1.82, 2.24) is 24.5 Å². The zero-order valence-electron chi connectivity index (χ0n) is 24.7. The predicted molar refractivity (Wildman–Crippen MR) is 155 cm³/mol. The van der Waals surface area contributed by atoms with E-state index in [4.69, 9.17) is 4.74 Å². The van der Waals surface area contributed by atoms with Gasteiger partial charge in [-0.3, -0.25) is 19.1 Å². The molecule has 2 aromatic carbocycles. The van der Waals surface area contributed by atoms with Crippen LogP contribution >= 0.6 is 0 Å². The van der Waals surface area contributed by atoms with Crippen LogP contribution in [-0.2, 0) is 20.9 Å². The van der Waals surface area contributed by atoms with Crippen LogP contribution in [0.5, 0.6) is 0 Å². The van der Waals surface area contributed by atoms with Crippen molar-refractivity contribution < 1.29 is 28.3 Å². The quantitative estimate of drug-likeness (QED) is 0.428. The third-order valence-corrected chi connectivity index (χ3v) is 9.80. The van der Waals surface area contributed by atoms with Gasteiger partial charge in [0.15, 0.2) is 0 Å². The van der Waals surface area contributed by atoms with Gasteiger partial charge in [0.1, 0.15) is 18.5 Å². The Hall–Kier alpha value is -4.54. The molecule has 1 aliphatic carbocycles. The van der Waals surface area contributed by atoms with Gasteiger partial charge in [-0.15, -0.1) is 0 Å². The fourth-order valence-electron chi connectivity index (χ4n) is 7.04. The van der Waals surface area contributed by atoms with E-state index < -0.39 is 23.5 Å². The molecule has 3 atom stereocenters. The summed E-state index contributed by atoms with van der Waals surface area (Å²) in [4.78, 5) is 58.8. The van der Waals surface area contributed by atoms with Gasteiger partial charge >= 0.3 is 6.09 Å². The topological polar surface area (TPSA) is 105 Å². The predicted octanol–water partition coefficient (Wildman–Crippen LogP) is 3.74. The van der Waals surface area contributed by atoms with Crippen LogP contribution in [0.15, 0.2) is 67.0 Å². The van der Waals surface area contributed by atoms with Crippen molar-refractivity contribution in [3.8, 4) is 0 Å². The summed E-state index contributed by atoms with van der Waals surface area (Å²) in [5.74, 6) is -1.62. The maximum Gasteiger partial charge on any atom is 0.417 e. The number of carbonyl (C=O) groups is 4. The van der Waals surface area contributed by atoms with Crippen LogP contribution in [0.3, 0.4) is 0 Å². The third-order valence-electron chi connectivity index (χ3n) is 9.80. The molecule has 0 radical (unpaired) electrons. The summed E-state index contributed by atoms with van der Waals surface area (Å²) >= 11 is 0. The fourth-order valence-corrected chi connectivity index (χ4v) is 7.04. The minimum absolute atomic E-state index is 0.0248. The second-order valence-electron chi connectivity index (χ2n) is 13.3. The summed E-state index contributed by atoms with van der Waals surface area (Å²) in [7, 11) is 0. The van der Waals surface area contributed by atoms with Crippen LogP contribution in [0.4, 0.5) is 9.18 Å². The number of cyclic esters (lactones) is 1. The molecule has 0 unspecified atom stereocenters. The number of nitrogens with zero attached hydrogens (tertiary/aromatic N) is 5. The number of ether oxygens (including phenoxy) is 1. The number of benzene rings is 2. The lowest BCUT2D eigenvalue weighted by Crippen LogP contribution is -2.64. The highest BCUT2D eigenvalue weighted by Gasteiger charge is 2.63. The highest BCUT2D eigenvalue weighted by atomic mass is 19.1. The molecule has 228 valence electrons. The van der Waals surface area contributed by atoms with Crippen LogP contribution < -0.4 is 0 Å². The first-order chi connectivity index (χ1) is 21.0. The SMILES string of the molecule is CC1(C)C[C@@H]1C(=O)N1CC2(CN(C(=O)c3cnn(Cc4ccc(F)cc4)c3)C[C@H]2C(=O)N2C(=O)OC[C@H]2c2ccccc2)C1. The Morgan fingerprint density at radius 2 is 1.64 bits per heavy atom. The van der Waals surface area contributed by atoms with Gasteiger partial charge in [-0.1, -0.05) is 56.3 Å². The number of likely N-dealkylation sites (tertiary alicyclic amines) is 2. The number of hydrogen-bond acceptors (Lipinski definition) is 6. The molecule has 1 spiro atoms. The molecular weight excluding hydrogens is 565 g/mol. The molecule has 1 saturated carbocycles. The van der Waals surface area contributed by atoms with E-state index in [9.17, 15) is 23.6 Å². The van der Waals surface area contributed by atoms with Crippen molar-refractivity contribution in [1.29, 1.82) is 0 Å². The molecule has 0 bridgehead atoms. The van der Waals surface area contributed by atoms with E-state index in [2.05, 4.69) is 18.9 Å². The molecule has 11 heteroatoms. The van der Waals surface area contributed by atoms with Crippen molar-refractivity contribution in [2.45, 2.75) is 32.9 Å². The first-order valence-corrected chi connectivity index (χ1v) is 14.9. The Bertz CT molecular complexity index is 1630. The molecule has 1 aromatic heterocycles. The average Bonchev–Trinajstić information content (AvgIpc) is 3.40. The number of halogens is 1. The smallest absolute Gasteiger partial charge is 0.417 e. The average molecular weight is 600 g/mol. The van der Waals surface area contributed by atoms with Gasteiger partial charge in [0.2, 0.25) is 11.8 Å². The van der Waals surface area contributed by atoms with E-state index in [-0.39, 0.29) is 54.6 Å². The van der Waals surface area contributed by atoms with E-state index in [0.29, 0.717) is 25.2 Å². The molecule has 3 aliphatic heterocycles. The molecule has 7 rings (SSSR count). The summed E-state index contributed by atoms with van der Waals surface area (Å²) < 4.78 is 20.3. The Labute approximate surface area is 254 Å². The molecule has 44 heavy (non-hydrogen) atoms. The third kappa shape index (κ3) is 4.84. The second-order valence-corrected chi connectivity index (χ2v) is 13.3. The number of carbonyl (C=O) groups excluding carboxylic acids is 4. The zero-order chi connectivity index (χ0) is 30.8. The van der Waals surface area contributed by atoms with Crippen molar-refractivity contribution in [2.75, 3.05) is 32.8 Å². The highest BCUT2D eigenvalue weighted by molar-refractivity contribution is 5.98. The van der Waals surface area contributed by atoms with Crippen molar-refractivity contribution in [3.05, 3.63) is 89.5 Å². The molecular formula is C33H34FN5O5. The maximum atomic E-state index is 14.3. The largest absolute Gasteiger partial charge is 0.446 e. The Kier molecular flexibility index (Phi) is 6.60. The normalized spacial score (nSPS) is 24.8. The molecule has 4 aliphatic rings. The van der Waals surface area contributed by atoms with Crippen LogP contribution in [0.2, 0.25) is 0 Å². The van der Waals surface area contributed by atoms with Crippen molar-refractivity contribution in [2.24, 2.45) is 22.7 Å². The number of aromatic nitrogens is 2. The summed E-state index contributed by atoms with van der Waals surface area (Å²) in [5, 5.41) is 4.33. The summed E-state index contributed by atoms with van der Waals surface area (Å²) in [5.41, 5.74) is 1.30. The molecule has 0 N–H and O–H groups in total. The molecule has 3 saturated heterocycles. The van der Waals surface area contributed by atoms with Gasteiger partial charge in [0, 0.05) is 43.7 Å². The lowest BCUT2D eigenvalue weighted by molar-refractivity contribution is -0.154. The van der Waals surface area contributed by atoms with Gasteiger partial charge < -0.3 is 14.5 Å². The minimum atomic E-state index is -0.696. The van der Waals surface area contributed by atoms with Crippen LogP contribution in [0.1, 0.15) is 47.8 Å². The van der Waals surface area contributed by atoms with Gasteiger partial charge in [-0.25, -0.2) is 14.1 Å². The van der Waals surface area contributed by atoms with Crippen molar-refractivity contribution >= 4 is 23.8 Å². The monoisotopic (exact) mass is 599 g/mol. The van der Waals surface area contributed by atoms with E-state index >= 15 is 0 Å². The fraction of sp³-hybridized carbons (Fsp3) is 0.424. The summed E-state index contributed by atoms with van der Waals surface area (Å²) in [6.07, 6.45) is 3.27. The molecule has 3 aromatic rings. The number of imide groups is 1. The van der Waals surface area contributed by atoms with Gasteiger partial charge in [-0.05, 0) is 35.1 Å². The van der Waals surface area contributed by atoms with E-state index in [0.717, 1.165) is 17.5 Å². The number of amides is 4. The first kappa shape index (κ1) is 28.2. The van der Waals surface area contributed by atoms with Crippen molar-refractivity contribution in [3.63, 3.8) is 0 Å². The lowest BCUT2D eigenvalue weighted by Gasteiger charge is -2.51. The van der Waals surface area contributed by atoms with E-state index in [1.54, 1.807) is 32.8 Å². The van der Waals surface area contributed by atoms with E-state index in [1.807, 2.05) is 30.3 Å². The maximum absolute atomic E-state index is 14.3. The summed E-state index contributed by atoms with van der Waals surface area (Å²) in [6.45, 7) is 5.67. The van der Waals surface area contributed by atoms with Crippen LogP contribution in [0, 0.1) is 28.5 Å². The summed E-state index contributed by atoms with van der Waals surface area (Å²) in [6, 6.07) is 14.8. The standard InChI is InChI=1S/C33H34FN5O5/c1-32(2)12-25(32)29(41)37-19-33(20-37)18-36(28(40)23-13-35-38(15-23)14-21-8-10-24(34)11-9-21)16-26(33)30(42)39-27(17-44-31(39)43)22-6-4-3-5-7-22/h3-11,13,15,25-27H,12,14,16-20H2,1-2H3/t25-,26+,27+/m1/s1. The molecule has 4 fully saturated rings. The minimum Gasteiger partial charge on any atom is -0.446 e. The molecule has 4 heterocycles. The Balaban J connectivity index is 1.13. The second kappa shape index (κ2) is 10.3. The first-order valence-electron chi connectivity index (χ1n) is 14.9. The van der Waals surface area contributed by atoms with Gasteiger partial charge in [-0.2, -0.15) is 5.10 Å². The van der Waals surface area contributed by atoms with Crippen LogP contribution in [-0.4, -0.2) is 81.1 Å². The Morgan fingerprint density at radius 3 is 2.32 bits per heavy atom. The van der Waals surface area contributed by atoms with E-state index in [1.165, 1.54) is 23.2 Å². The molecule has 4 amide bonds. The van der Waals surface area contributed by atoms with Crippen LogP contribution in [0.25, 0.3) is 0 Å².